The van der Waals surface area contributed by atoms with Crippen LogP contribution < -0.4 is 5.32 Å². The molecule has 2 rings (SSSR count). The quantitative estimate of drug-likeness (QED) is 0.614. The zero-order chi connectivity index (χ0) is 14.8. The minimum Gasteiger partial charge on any atom is -0.370 e. The number of thioether (sulfide) groups is 1. The summed E-state index contributed by atoms with van der Waals surface area (Å²) < 4.78 is 22.4. The second-order valence-electron chi connectivity index (χ2n) is 5.14. The van der Waals surface area contributed by atoms with Crippen molar-refractivity contribution in [3.63, 3.8) is 0 Å². The van der Waals surface area contributed by atoms with Gasteiger partial charge in [-0.1, -0.05) is 0 Å². The van der Waals surface area contributed by atoms with Crippen LogP contribution in [0.4, 0.5) is 5.82 Å². The Morgan fingerprint density at radius 3 is 2.60 bits per heavy atom. The van der Waals surface area contributed by atoms with E-state index in [2.05, 4.69) is 15.3 Å². The molecule has 0 amide bonds. The molecule has 1 aromatic heterocycles. The van der Waals surface area contributed by atoms with E-state index in [1.165, 1.54) is 18.0 Å². The van der Waals surface area contributed by atoms with E-state index in [1.54, 1.807) is 0 Å². The summed E-state index contributed by atoms with van der Waals surface area (Å²) in [5.41, 5.74) is 1.01. The highest BCUT2D eigenvalue weighted by Crippen LogP contribution is 2.40. The fraction of sp³-hybridized carbons (Fsp3) is 0.692. The summed E-state index contributed by atoms with van der Waals surface area (Å²) >= 11 is 1.50. The van der Waals surface area contributed by atoms with E-state index >= 15 is 0 Å². The van der Waals surface area contributed by atoms with Gasteiger partial charge >= 0.3 is 0 Å². The van der Waals surface area contributed by atoms with Gasteiger partial charge in [0.15, 0.2) is 0 Å². The van der Waals surface area contributed by atoms with Crippen molar-refractivity contribution >= 4 is 27.4 Å². The summed E-state index contributed by atoms with van der Waals surface area (Å²) in [6.45, 7) is 4.83. The summed E-state index contributed by atoms with van der Waals surface area (Å²) in [5, 5.41) is 4.17. The first-order valence-corrected chi connectivity index (χ1v) is 9.88. The third kappa shape index (κ3) is 4.34. The van der Waals surface area contributed by atoms with Crippen molar-refractivity contribution in [2.45, 2.75) is 37.6 Å². The molecular weight excluding hydrogens is 294 g/mol. The molecule has 1 saturated carbocycles. The number of aromatic nitrogens is 2. The molecule has 1 aliphatic carbocycles. The average Bonchev–Trinajstić information content (AvgIpc) is 3.16. The average molecular weight is 315 g/mol. The Morgan fingerprint density at radius 1 is 1.35 bits per heavy atom. The maximum absolute atomic E-state index is 11.2. The van der Waals surface area contributed by atoms with Crippen molar-refractivity contribution in [2.75, 3.05) is 29.6 Å². The molecule has 1 N–H and O–H groups in total. The van der Waals surface area contributed by atoms with E-state index in [0.717, 1.165) is 41.6 Å². The smallest absolute Gasteiger partial charge is 0.148 e. The Morgan fingerprint density at radius 2 is 2.05 bits per heavy atom. The second kappa shape index (κ2) is 6.30. The number of hydrogen-bond acceptors (Lipinski definition) is 6. The molecule has 0 bridgehead atoms. The van der Waals surface area contributed by atoms with Crippen LogP contribution in [-0.4, -0.2) is 42.7 Å². The lowest BCUT2D eigenvalue weighted by atomic mass is 10.3. The summed E-state index contributed by atoms with van der Waals surface area (Å²) in [6.07, 6.45) is 3.57. The van der Waals surface area contributed by atoms with Crippen molar-refractivity contribution in [1.82, 2.24) is 9.97 Å². The molecule has 1 fully saturated rings. The molecule has 0 aliphatic heterocycles. The number of nitrogens with one attached hydrogen (secondary N) is 1. The van der Waals surface area contributed by atoms with Crippen LogP contribution in [0.2, 0.25) is 0 Å². The van der Waals surface area contributed by atoms with Crippen LogP contribution in [-0.2, 0) is 9.84 Å². The highest BCUT2D eigenvalue weighted by Gasteiger charge is 2.28. The lowest BCUT2D eigenvalue weighted by molar-refractivity contribution is 0.603. The molecule has 1 heterocycles. The van der Waals surface area contributed by atoms with Crippen LogP contribution >= 0.6 is 11.8 Å². The van der Waals surface area contributed by atoms with Crippen LogP contribution in [0, 0.1) is 6.92 Å². The Labute approximate surface area is 124 Å². The lowest BCUT2D eigenvalue weighted by Crippen LogP contribution is -2.09. The van der Waals surface area contributed by atoms with Gasteiger partial charge in [-0.05, 0) is 26.7 Å². The largest absolute Gasteiger partial charge is 0.370 e. The first kappa shape index (κ1) is 15.6. The summed E-state index contributed by atoms with van der Waals surface area (Å²) in [6, 6.07) is 0. The van der Waals surface area contributed by atoms with Gasteiger partial charge in [0.25, 0.3) is 0 Å². The number of anilines is 1. The molecule has 1 aromatic rings. The lowest BCUT2D eigenvalue weighted by Gasteiger charge is -2.12. The van der Waals surface area contributed by atoms with Crippen LogP contribution in [0.15, 0.2) is 5.03 Å². The molecule has 0 aromatic carbocycles. The predicted octanol–water partition coefficient (Wildman–Crippen LogP) is 2.23. The highest BCUT2D eigenvalue weighted by molar-refractivity contribution is 8.00. The van der Waals surface area contributed by atoms with Gasteiger partial charge in [-0.3, -0.25) is 0 Å². The van der Waals surface area contributed by atoms with Crippen molar-refractivity contribution in [3.8, 4) is 0 Å². The Hall–Kier alpha value is -0.820. The molecule has 0 atom stereocenters. The van der Waals surface area contributed by atoms with Gasteiger partial charge < -0.3 is 5.32 Å². The van der Waals surface area contributed by atoms with E-state index in [1.807, 2.05) is 13.8 Å². The van der Waals surface area contributed by atoms with Crippen molar-refractivity contribution in [1.29, 1.82) is 0 Å². The van der Waals surface area contributed by atoms with Gasteiger partial charge in [-0.2, -0.15) is 0 Å². The zero-order valence-corrected chi connectivity index (χ0v) is 13.8. The Balaban J connectivity index is 2.17. The first-order valence-electron chi connectivity index (χ1n) is 6.83. The number of rotatable bonds is 7. The summed E-state index contributed by atoms with van der Waals surface area (Å²) in [5.74, 6) is 2.98. The maximum atomic E-state index is 11.2. The Kier molecular flexibility index (Phi) is 4.90. The third-order valence-corrected chi connectivity index (χ3v) is 5.38. The van der Waals surface area contributed by atoms with Crippen molar-refractivity contribution in [2.24, 2.45) is 0 Å². The number of sulfone groups is 1. The monoisotopic (exact) mass is 315 g/mol. The van der Waals surface area contributed by atoms with Gasteiger partial charge in [0.05, 0.1) is 5.75 Å². The number of hydrogen-bond donors (Lipinski definition) is 1. The van der Waals surface area contributed by atoms with Crippen LogP contribution in [0.1, 0.15) is 37.1 Å². The minimum atomic E-state index is -2.92. The van der Waals surface area contributed by atoms with Gasteiger partial charge in [0.1, 0.15) is 26.5 Å². The van der Waals surface area contributed by atoms with E-state index in [9.17, 15) is 8.42 Å². The molecule has 0 saturated heterocycles. The van der Waals surface area contributed by atoms with Gasteiger partial charge in [0, 0.05) is 30.0 Å². The molecule has 0 spiro atoms. The molecule has 20 heavy (non-hydrogen) atoms. The SMILES string of the molecule is CCNc1nc(C2CC2)nc(SCCS(C)(=O)=O)c1C. The number of nitrogens with zero attached hydrogens (tertiary/aromatic N) is 2. The van der Waals surface area contributed by atoms with Gasteiger partial charge in [-0.25, -0.2) is 18.4 Å². The topological polar surface area (TPSA) is 72.0 Å². The van der Waals surface area contributed by atoms with E-state index in [0.29, 0.717) is 11.7 Å². The fourth-order valence-corrected chi connectivity index (χ4v) is 4.02. The summed E-state index contributed by atoms with van der Waals surface area (Å²) in [4.78, 5) is 9.20. The van der Waals surface area contributed by atoms with Crippen LogP contribution in [0.5, 0.6) is 0 Å². The minimum absolute atomic E-state index is 0.177. The van der Waals surface area contributed by atoms with Crippen LogP contribution in [0.3, 0.4) is 0 Å². The van der Waals surface area contributed by atoms with Crippen molar-refractivity contribution < 1.29 is 8.42 Å². The van der Waals surface area contributed by atoms with Crippen LogP contribution in [0.25, 0.3) is 0 Å². The van der Waals surface area contributed by atoms with E-state index in [-0.39, 0.29) is 5.75 Å². The molecular formula is C13H21N3O2S2. The van der Waals surface area contributed by atoms with Gasteiger partial charge in [0.2, 0.25) is 0 Å². The van der Waals surface area contributed by atoms with Gasteiger partial charge in [-0.15, -0.1) is 11.8 Å². The summed E-state index contributed by atoms with van der Waals surface area (Å²) in [7, 11) is -2.92. The predicted molar refractivity (Wildman–Crippen MR) is 83.3 cm³/mol. The van der Waals surface area contributed by atoms with E-state index < -0.39 is 9.84 Å². The molecule has 7 heteroatoms. The van der Waals surface area contributed by atoms with Crippen molar-refractivity contribution in [3.05, 3.63) is 11.4 Å². The molecule has 1 aliphatic rings. The zero-order valence-electron chi connectivity index (χ0n) is 12.1. The third-order valence-electron chi connectivity index (χ3n) is 3.10. The Bertz CT molecular complexity index is 584. The molecule has 5 nitrogen and oxygen atoms in total. The molecule has 0 radical (unpaired) electrons. The highest BCUT2D eigenvalue weighted by atomic mass is 32.2. The normalized spacial score (nSPS) is 15.3. The molecule has 112 valence electrons. The fourth-order valence-electron chi connectivity index (χ4n) is 1.81. The standard InChI is InChI=1S/C13H21N3O2S2/c1-4-14-11-9(2)13(19-7-8-20(3,17)18)16-12(15-11)10-5-6-10/h10H,4-8H2,1-3H3,(H,14,15,16). The maximum Gasteiger partial charge on any atom is 0.148 e. The first-order chi connectivity index (χ1) is 9.40. The molecule has 0 unspecified atom stereocenters. The van der Waals surface area contributed by atoms with E-state index in [4.69, 9.17) is 0 Å². The second-order valence-corrected chi connectivity index (χ2v) is 8.49.